The van der Waals surface area contributed by atoms with Gasteiger partial charge in [0.05, 0.1) is 0 Å². The van der Waals surface area contributed by atoms with Crippen molar-refractivity contribution in [1.82, 2.24) is 5.32 Å². The molecular formula is C16H20ClNO2. The summed E-state index contributed by atoms with van der Waals surface area (Å²) < 4.78 is 12.0. The van der Waals surface area contributed by atoms with Crippen LogP contribution in [-0.2, 0) is 6.42 Å². The fourth-order valence-electron chi connectivity index (χ4n) is 3.39. The second-order valence-corrected chi connectivity index (χ2v) is 6.68. The van der Waals surface area contributed by atoms with Crippen LogP contribution in [0.2, 0.25) is 5.02 Å². The minimum atomic E-state index is -0.364. The van der Waals surface area contributed by atoms with Crippen LogP contribution in [0.5, 0.6) is 11.5 Å². The Balaban J connectivity index is 1.54. The highest BCUT2D eigenvalue weighted by molar-refractivity contribution is 6.31. The first-order chi connectivity index (χ1) is 9.74. The highest BCUT2D eigenvalue weighted by Gasteiger charge is 2.47. The van der Waals surface area contributed by atoms with Gasteiger partial charge in [-0.2, -0.15) is 0 Å². The fraction of sp³-hybridized carbons (Fsp3) is 0.625. The van der Waals surface area contributed by atoms with Crippen LogP contribution in [0.25, 0.3) is 0 Å². The molecule has 1 spiro atoms. The van der Waals surface area contributed by atoms with Gasteiger partial charge in [-0.25, -0.2) is 0 Å². The van der Waals surface area contributed by atoms with E-state index in [2.05, 4.69) is 11.4 Å². The van der Waals surface area contributed by atoms with Crippen LogP contribution >= 0.6 is 11.6 Å². The van der Waals surface area contributed by atoms with Gasteiger partial charge in [0.15, 0.2) is 11.5 Å². The summed E-state index contributed by atoms with van der Waals surface area (Å²) in [6.45, 7) is 2.24. The number of hydrogen-bond donors (Lipinski definition) is 1. The van der Waals surface area contributed by atoms with Crippen molar-refractivity contribution in [2.75, 3.05) is 13.1 Å². The molecule has 2 fully saturated rings. The molecule has 1 unspecified atom stereocenters. The van der Waals surface area contributed by atoms with Gasteiger partial charge in [-0.3, -0.25) is 0 Å². The van der Waals surface area contributed by atoms with Gasteiger partial charge in [-0.05, 0) is 56.3 Å². The monoisotopic (exact) mass is 293 g/mol. The van der Waals surface area contributed by atoms with Crippen LogP contribution in [0.1, 0.15) is 37.7 Å². The molecule has 1 aromatic rings. The molecule has 2 aliphatic heterocycles. The van der Waals surface area contributed by atoms with E-state index >= 15 is 0 Å². The Morgan fingerprint density at radius 2 is 2.00 bits per heavy atom. The van der Waals surface area contributed by atoms with Gasteiger partial charge in [-0.15, -0.1) is 0 Å². The van der Waals surface area contributed by atoms with Gasteiger partial charge < -0.3 is 14.8 Å². The van der Waals surface area contributed by atoms with Crippen molar-refractivity contribution in [3.8, 4) is 11.5 Å². The van der Waals surface area contributed by atoms with Crippen LogP contribution in [0.4, 0.5) is 0 Å². The number of benzene rings is 1. The van der Waals surface area contributed by atoms with Crippen molar-refractivity contribution < 1.29 is 9.47 Å². The maximum absolute atomic E-state index is 6.43. The van der Waals surface area contributed by atoms with Crippen LogP contribution < -0.4 is 14.8 Å². The summed E-state index contributed by atoms with van der Waals surface area (Å²) in [4.78, 5) is 0. The lowest BCUT2D eigenvalue weighted by Crippen LogP contribution is -2.45. The van der Waals surface area contributed by atoms with E-state index in [1.807, 2.05) is 6.07 Å². The number of hydrogen-bond acceptors (Lipinski definition) is 3. The van der Waals surface area contributed by atoms with Crippen molar-refractivity contribution >= 4 is 11.6 Å². The maximum atomic E-state index is 6.43. The van der Waals surface area contributed by atoms with E-state index in [0.29, 0.717) is 5.92 Å². The highest BCUT2D eigenvalue weighted by Crippen LogP contribution is 2.49. The Morgan fingerprint density at radius 3 is 2.65 bits per heavy atom. The third-order valence-electron chi connectivity index (χ3n) is 4.73. The van der Waals surface area contributed by atoms with Gasteiger partial charge in [0.2, 0.25) is 0 Å². The first kappa shape index (κ1) is 12.8. The summed E-state index contributed by atoms with van der Waals surface area (Å²) in [5.74, 6) is 2.02. The number of halogens is 1. The summed E-state index contributed by atoms with van der Waals surface area (Å²) in [7, 11) is 0. The van der Waals surface area contributed by atoms with Gasteiger partial charge in [0.1, 0.15) is 0 Å². The minimum absolute atomic E-state index is 0.364. The molecule has 0 amide bonds. The Morgan fingerprint density at radius 1 is 1.20 bits per heavy atom. The highest BCUT2D eigenvalue weighted by atomic mass is 35.5. The Kier molecular flexibility index (Phi) is 3.08. The SMILES string of the molecule is Clc1cc2c(cc1CC1CCCNC1)OC1(CCC1)O2. The summed E-state index contributed by atoms with van der Waals surface area (Å²) in [5, 5.41) is 4.27. The van der Waals surface area contributed by atoms with E-state index in [1.165, 1.54) is 24.8 Å². The molecule has 1 aromatic carbocycles. The molecule has 20 heavy (non-hydrogen) atoms. The Bertz CT molecular complexity index is 521. The molecule has 1 saturated heterocycles. The van der Waals surface area contributed by atoms with E-state index in [4.69, 9.17) is 21.1 Å². The lowest BCUT2D eigenvalue weighted by atomic mass is 9.91. The van der Waals surface area contributed by atoms with Gasteiger partial charge in [0.25, 0.3) is 5.79 Å². The average Bonchev–Trinajstić information content (AvgIpc) is 2.79. The number of rotatable bonds is 2. The molecule has 1 N–H and O–H groups in total. The van der Waals surface area contributed by atoms with E-state index in [9.17, 15) is 0 Å². The zero-order chi connectivity index (χ0) is 13.6. The predicted octanol–water partition coefficient (Wildman–Crippen LogP) is 3.53. The number of ether oxygens (including phenoxy) is 2. The fourth-order valence-corrected chi connectivity index (χ4v) is 3.62. The minimum Gasteiger partial charge on any atom is -0.448 e. The molecule has 4 heteroatoms. The molecule has 0 bridgehead atoms. The summed E-state index contributed by atoms with van der Waals surface area (Å²) in [6.07, 6.45) is 6.72. The predicted molar refractivity (Wildman–Crippen MR) is 78.6 cm³/mol. The van der Waals surface area contributed by atoms with Crippen molar-refractivity contribution in [1.29, 1.82) is 0 Å². The normalized spacial score (nSPS) is 26.6. The molecule has 0 radical (unpaired) electrons. The summed E-state index contributed by atoms with van der Waals surface area (Å²) in [6, 6.07) is 4.04. The zero-order valence-corrected chi connectivity index (χ0v) is 12.3. The topological polar surface area (TPSA) is 30.5 Å². The molecule has 0 aromatic heterocycles. The Hall–Kier alpha value is -0.930. The van der Waals surface area contributed by atoms with Gasteiger partial charge in [-0.1, -0.05) is 11.6 Å². The summed E-state index contributed by atoms with van der Waals surface area (Å²) >= 11 is 6.43. The van der Waals surface area contributed by atoms with Crippen molar-refractivity contribution in [3.63, 3.8) is 0 Å². The first-order valence-corrected chi connectivity index (χ1v) is 8.03. The quantitative estimate of drug-likeness (QED) is 0.905. The van der Waals surface area contributed by atoms with E-state index in [0.717, 1.165) is 48.9 Å². The van der Waals surface area contributed by atoms with Crippen LogP contribution in [0, 0.1) is 5.92 Å². The molecule has 3 aliphatic rings. The zero-order valence-electron chi connectivity index (χ0n) is 11.6. The first-order valence-electron chi connectivity index (χ1n) is 7.65. The van der Waals surface area contributed by atoms with Crippen molar-refractivity contribution in [2.45, 2.75) is 44.3 Å². The van der Waals surface area contributed by atoms with E-state index in [-0.39, 0.29) is 5.79 Å². The maximum Gasteiger partial charge on any atom is 0.251 e. The van der Waals surface area contributed by atoms with Crippen LogP contribution in [0.15, 0.2) is 12.1 Å². The Labute approximate surface area is 124 Å². The molecule has 1 aliphatic carbocycles. The smallest absolute Gasteiger partial charge is 0.251 e. The molecule has 1 saturated carbocycles. The average molecular weight is 294 g/mol. The van der Waals surface area contributed by atoms with Gasteiger partial charge >= 0.3 is 0 Å². The van der Waals surface area contributed by atoms with Gasteiger partial charge in [0, 0.05) is 23.9 Å². The molecular weight excluding hydrogens is 274 g/mol. The van der Waals surface area contributed by atoms with Crippen LogP contribution in [-0.4, -0.2) is 18.9 Å². The molecule has 1 atom stereocenters. The molecule has 3 nitrogen and oxygen atoms in total. The largest absolute Gasteiger partial charge is 0.448 e. The molecule has 2 heterocycles. The molecule has 4 rings (SSSR count). The second-order valence-electron chi connectivity index (χ2n) is 6.28. The standard InChI is InChI=1S/C16H20ClNO2/c17-13-9-15-14(19-16(20-15)4-2-5-16)8-12(13)7-11-3-1-6-18-10-11/h8-9,11,18H,1-7,10H2. The lowest BCUT2D eigenvalue weighted by molar-refractivity contribution is -0.138. The molecule has 108 valence electrons. The van der Waals surface area contributed by atoms with Crippen molar-refractivity contribution in [3.05, 3.63) is 22.7 Å². The number of piperidine rings is 1. The number of fused-ring (bicyclic) bond motifs is 1. The van der Waals surface area contributed by atoms with E-state index < -0.39 is 0 Å². The number of nitrogens with one attached hydrogen (secondary N) is 1. The van der Waals surface area contributed by atoms with E-state index in [1.54, 1.807) is 0 Å². The lowest BCUT2D eigenvalue weighted by Gasteiger charge is -2.35. The summed E-state index contributed by atoms with van der Waals surface area (Å²) in [5.41, 5.74) is 1.19. The second kappa shape index (κ2) is 4.81. The van der Waals surface area contributed by atoms with Crippen LogP contribution in [0.3, 0.4) is 0 Å². The van der Waals surface area contributed by atoms with Crippen molar-refractivity contribution in [2.24, 2.45) is 5.92 Å². The third kappa shape index (κ3) is 2.17. The third-order valence-corrected chi connectivity index (χ3v) is 5.08.